The van der Waals surface area contributed by atoms with Crippen LogP contribution < -0.4 is 0 Å². The Hall–Kier alpha value is -3.46. The van der Waals surface area contributed by atoms with Gasteiger partial charge in [-0.1, -0.05) is 6.42 Å². The Labute approximate surface area is 156 Å². The third kappa shape index (κ3) is 2.87. The van der Waals surface area contributed by atoms with Crippen molar-refractivity contribution in [2.45, 2.75) is 25.8 Å². The van der Waals surface area contributed by atoms with E-state index >= 15 is 0 Å². The number of aromatic nitrogens is 5. The Morgan fingerprint density at radius 3 is 2.89 bits per heavy atom. The van der Waals surface area contributed by atoms with Crippen LogP contribution in [0.3, 0.4) is 0 Å². The monoisotopic (exact) mass is 354 g/mol. The zero-order valence-corrected chi connectivity index (χ0v) is 14.8. The van der Waals surface area contributed by atoms with Gasteiger partial charge < -0.3 is 4.40 Å². The van der Waals surface area contributed by atoms with E-state index in [0.717, 1.165) is 40.5 Å². The average Bonchev–Trinajstić information content (AvgIpc) is 3.32. The fourth-order valence-electron chi connectivity index (χ4n) is 3.57. The van der Waals surface area contributed by atoms with Crippen molar-refractivity contribution in [1.29, 1.82) is 5.26 Å². The Bertz CT molecular complexity index is 1160. The van der Waals surface area contributed by atoms with Gasteiger partial charge in [-0.25, -0.2) is 9.97 Å². The number of fused-ring (bicyclic) bond motifs is 1. The van der Waals surface area contributed by atoms with Gasteiger partial charge in [0, 0.05) is 48.0 Å². The van der Waals surface area contributed by atoms with Crippen molar-refractivity contribution in [3.05, 3.63) is 60.9 Å². The highest BCUT2D eigenvalue weighted by Gasteiger charge is 2.19. The predicted molar refractivity (Wildman–Crippen MR) is 102 cm³/mol. The van der Waals surface area contributed by atoms with Crippen LogP contribution in [0, 0.1) is 17.2 Å². The van der Waals surface area contributed by atoms with Crippen molar-refractivity contribution in [3.63, 3.8) is 0 Å². The SMILES string of the molecule is N#Cc1ccc(-c2cnn(CC3CCC3)c2)c(-c2ccn3ccnc3c2)n1. The van der Waals surface area contributed by atoms with Crippen LogP contribution in [-0.4, -0.2) is 24.1 Å². The quantitative estimate of drug-likeness (QED) is 0.557. The summed E-state index contributed by atoms with van der Waals surface area (Å²) in [6.45, 7) is 0.971. The van der Waals surface area contributed by atoms with Gasteiger partial charge in [-0.05, 0) is 43.0 Å². The van der Waals surface area contributed by atoms with Crippen LogP contribution in [-0.2, 0) is 6.54 Å². The van der Waals surface area contributed by atoms with E-state index in [0.29, 0.717) is 5.69 Å². The van der Waals surface area contributed by atoms with E-state index in [2.05, 4.69) is 27.3 Å². The molecule has 0 unspecified atom stereocenters. The first-order valence-electron chi connectivity index (χ1n) is 9.17. The maximum Gasteiger partial charge on any atom is 0.141 e. The molecule has 1 aliphatic rings. The lowest BCUT2D eigenvalue weighted by Crippen LogP contribution is -2.18. The molecule has 0 radical (unpaired) electrons. The van der Waals surface area contributed by atoms with Crippen molar-refractivity contribution in [3.8, 4) is 28.5 Å². The van der Waals surface area contributed by atoms with E-state index in [1.54, 1.807) is 12.3 Å². The van der Waals surface area contributed by atoms with Gasteiger partial charge in [0.1, 0.15) is 17.4 Å². The van der Waals surface area contributed by atoms with Gasteiger partial charge in [0.15, 0.2) is 0 Å². The molecular formula is C21H18N6. The molecule has 0 atom stereocenters. The molecule has 0 spiro atoms. The van der Waals surface area contributed by atoms with E-state index in [1.165, 1.54) is 19.3 Å². The first-order chi connectivity index (χ1) is 13.3. The van der Waals surface area contributed by atoms with Crippen molar-refractivity contribution >= 4 is 5.65 Å². The summed E-state index contributed by atoms with van der Waals surface area (Å²) in [4.78, 5) is 8.95. The zero-order chi connectivity index (χ0) is 18.2. The molecule has 0 N–H and O–H groups in total. The van der Waals surface area contributed by atoms with Crippen molar-refractivity contribution < 1.29 is 0 Å². The van der Waals surface area contributed by atoms with Gasteiger partial charge in [0.2, 0.25) is 0 Å². The normalized spacial score (nSPS) is 14.2. The van der Waals surface area contributed by atoms with Gasteiger partial charge in [-0.3, -0.25) is 4.68 Å². The maximum absolute atomic E-state index is 9.30. The van der Waals surface area contributed by atoms with Crippen LogP contribution in [0.4, 0.5) is 0 Å². The molecule has 1 fully saturated rings. The molecule has 0 aliphatic heterocycles. The lowest BCUT2D eigenvalue weighted by Gasteiger charge is -2.24. The average molecular weight is 354 g/mol. The molecule has 0 amide bonds. The predicted octanol–water partition coefficient (Wildman–Crippen LogP) is 3.93. The summed E-state index contributed by atoms with van der Waals surface area (Å²) in [7, 11) is 0. The molecule has 5 rings (SSSR count). The molecule has 1 aliphatic carbocycles. The second kappa shape index (κ2) is 6.36. The Morgan fingerprint density at radius 1 is 1.15 bits per heavy atom. The summed E-state index contributed by atoms with van der Waals surface area (Å²) in [5.74, 6) is 0.749. The molecule has 0 bridgehead atoms. The maximum atomic E-state index is 9.30. The van der Waals surface area contributed by atoms with E-state index in [-0.39, 0.29) is 0 Å². The number of nitriles is 1. The summed E-state index contributed by atoms with van der Waals surface area (Å²) < 4.78 is 3.98. The molecule has 6 nitrogen and oxygen atoms in total. The molecule has 4 aromatic heterocycles. The highest BCUT2D eigenvalue weighted by Crippen LogP contribution is 2.32. The van der Waals surface area contributed by atoms with Gasteiger partial charge in [-0.2, -0.15) is 10.4 Å². The standard InChI is InChI=1S/C21H18N6/c22-11-18-4-5-19(17-12-24-27(14-17)13-15-2-1-3-15)21(25-18)16-6-8-26-9-7-23-20(26)10-16/h4-10,12,14-15H,1-3,13H2. The molecule has 27 heavy (non-hydrogen) atoms. The second-order valence-electron chi connectivity index (χ2n) is 7.06. The van der Waals surface area contributed by atoms with Crippen LogP contribution >= 0.6 is 0 Å². The Balaban J connectivity index is 1.58. The fraction of sp³-hybridized carbons (Fsp3) is 0.238. The first-order valence-corrected chi connectivity index (χ1v) is 9.17. The second-order valence-corrected chi connectivity index (χ2v) is 7.06. The van der Waals surface area contributed by atoms with E-state index in [1.807, 2.05) is 45.9 Å². The smallest absolute Gasteiger partial charge is 0.141 e. The minimum atomic E-state index is 0.402. The molecule has 0 aromatic carbocycles. The Morgan fingerprint density at radius 2 is 2.07 bits per heavy atom. The lowest BCUT2D eigenvalue weighted by atomic mass is 9.85. The molecule has 1 saturated carbocycles. The summed E-state index contributed by atoms with van der Waals surface area (Å²) in [5.41, 5.74) is 4.96. The van der Waals surface area contributed by atoms with E-state index in [9.17, 15) is 5.26 Å². The van der Waals surface area contributed by atoms with Crippen LogP contribution in [0.25, 0.3) is 28.0 Å². The van der Waals surface area contributed by atoms with Gasteiger partial charge in [0.05, 0.1) is 11.9 Å². The van der Waals surface area contributed by atoms with Crippen molar-refractivity contribution in [1.82, 2.24) is 24.1 Å². The zero-order valence-electron chi connectivity index (χ0n) is 14.8. The van der Waals surface area contributed by atoms with Crippen LogP contribution in [0.5, 0.6) is 0 Å². The van der Waals surface area contributed by atoms with E-state index < -0.39 is 0 Å². The van der Waals surface area contributed by atoms with Gasteiger partial charge in [0.25, 0.3) is 0 Å². The highest BCUT2D eigenvalue weighted by molar-refractivity contribution is 5.81. The van der Waals surface area contributed by atoms with Crippen molar-refractivity contribution in [2.24, 2.45) is 5.92 Å². The number of hydrogen-bond donors (Lipinski definition) is 0. The van der Waals surface area contributed by atoms with E-state index in [4.69, 9.17) is 0 Å². The number of nitrogens with zero attached hydrogens (tertiary/aromatic N) is 6. The largest absolute Gasteiger partial charge is 0.307 e. The minimum Gasteiger partial charge on any atom is -0.307 e. The molecule has 4 aromatic rings. The molecular weight excluding hydrogens is 336 g/mol. The third-order valence-corrected chi connectivity index (χ3v) is 5.30. The van der Waals surface area contributed by atoms with Crippen LogP contribution in [0.2, 0.25) is 0 Å². The number of imidazole rings is 1. The number of pyridine rings is 2. The summed E-state index contributed by atoms with van der Waals surface area (Å²) in [6, 6.07) is 9.85. The van der Waals surface area contributed by atoms with Gasteiger partial charge >= 0.3 is 0 Å². The number of rotatable bonds is 4. The molecule has 132 valence electrons. The van der Waals surface area contributed by atoms with Crippen LogP contribution in [0.1, 0.15) is 25.0 Å². The summed E-state index contributed by atoms with van der Waals surface area (Å²) in [6.07, 6.45) is 13.5. The molecule has 0 saturated heterocycles. The fourth-order valence-corrected chi connectivity index (χ4v) is 3.57. The molecule has 6 heteroatoms. The van der Waals surface area contributed by atoms with Crippen LogP contribution in [0.15, 0.2) is 55.2 Å². The van der Waals surface area contributed by atoms with Crippen molar-refractivity contribution in [2.75, 3.05) is 0 Å². The topological polar surface area (TPSA) is 71.8 Å². The lowest BCUT2D eigenvalue weighted by molar-refractivity contribution is 0.266. The third-order valence-electron chi connectivity index (χ3n) is 5.30. The van der Waals surface area contributed by atoms with Gasteiger partial charge in [-0.15, -0.1) is 0 Å². The minimum absolute atomic E-state index is 0.402. The first kappa shape index (κ1) is 15.8. The summed E-state index contributed by atoms with van der Waals surface area (Å²) >= 11 is 0. The highest BCUT2D eigenvalue weighted by atomic mass is 15.3. The molecule has 4 heterocycles. The Kier molecular flexibility index (Phi) is 3.72. The number of hydrogen-bond acceptors (Lipinski definition) is 4. The summed E-state index contributed by atoms with van der Waals surface area (Å²) in [5, 5.41) is 13.8.